The van der Waals surface area contributed by atoms with Gasteiger partial charge < -0.3 is 10.1 Å². The Labute approximate surface area is 202 Å². The van der Waals surface area contributed by atoms with Crippen molar-refractivity contribution in [1.29, 1.82) is 0 Å². The maximum absolute atomic E-state index is 13.6. The first-order valence-electron chi connectivity index (χ1n) is 11.1. The summed E-state index contributed by atoms with van der Waals surface area (Å²) in [5.74, 6) is -0.534. The first-order chi connectivity index (χ1) is 17.5. The molecule has 0 aliphatic carbocycles. The van der Waals surface area contributed by atoms with Crippen LogP contribution in [-0.4, -0.2) is 24.6 Å². The van der Waals surface area contributed by atoms with Crippen LogP contribution in [0.2, 0.25) is 0 Å². The van der Waals surface area contributed by atoms with E-state index in [-0.39, 0.29) is 28.2 Å². The van der Waals surface area contributed by atoms with E-state index in [1.165, 1.54) is 12.1 Å². The fourth-order valence-corrected chi connectivity index (χ4v) is 4.43. The van der Waals surface area contributed by atoms with Crippen molar-refractivity contribution in [3.63, 3.8) is 0 Å². The zero-order valence-corrected chi connectivity index (χ0v) is 18.6. The number of aromatic amines is 1. The van der Waals surface area contributed by atoms with Crippen LogP contribution in [0.25, 0.3) is 50.0 Å². The van der Waals surface area contributed by atoms with E-state index in [2.05, 4.69) is 15.0 Å². The molecule has 0 radical (unpaired) electrons. The predicted molar refractivity (Wildman–Crippen MR) is 136 cm³/mol. The van der Waals surface area contributed by atoms with Gasteiger partial charge in [0.05, 0.1) is 11.1 Å². The molecule has 0 aliphatic heterocycles. The van der Waals surface area contributed by atoms with E-state index < -0.39 is 11.1 Å². The fourth-order valence-electron chi connectivity index (χ4n) is 4.43. The Balaban J connectivity index is 1.65. The molecule has 7 nitrogen and oxygen atoms in total. The van der Waals surface area contributed by atoms with Gasteiger partial charge in [-0.1, -0.05) is 18.2 Å². The van der Waals surface area contributed by atoms with Crippen molar-refractivity contribution in [2.24, 2.45) is 0 Å². The van der Waals surface area contributed by atoms with Crippen LogP contribution in [-0.2, 0) is 0 Å². The summed E-state index contributed by atoms with van der Waals surface area (Å²) in [6, 6.07) is 20.6. The van der Waals surface area contributed by atoms with Crippen LogP contribution in [0.1, 0.15) is 0 Å². The van der Waals surface area contributed by atoms with Crippen molar-refractivity contribution >= 4 is 21.8 Å². The Morgan fingerprint density at radius 1 is 0.806 bits per heavy atom. The number of H-pyrrole nitrogens is 1. The van der Waals surface area contributed by atoms with Crippen molar-refractivity contribution in [3.05, 3.63) is 118 Å². The van der Waals surface area contributed by atoms with Crippen LogP contribution in [0, 0.1) is 5.82 Å². The SMILES string of the molecule is O=c1cc(O)c2ccccc2c(=O)n1-c1ccc2c(-c3ccncc3)c(-c3ccc(F)cc3)[nH]c2n1. The Morgan fingerprint density at radius 2 is 1.53 bits per heavy atom. The highest BCUT2D eigenvalue weighted by atomic mass is 19.1. The molecule has 36 heavy (non-hydrogen) atoms. The van der Waals surface area contributed by atoms with Gasteiger partial charge in [0.2, 0.25) is 0 Å². The third-order valence-corrected chi connectivity index (χ3v) is 6.09. The fraction of sp³-hybridized carbons (Fsp3) is 0. The average Bonchev–Trinajstić information content (AvgIpc) is 3.24. The number of nitrogens with zero attached hydrogens (tertiary/aromatic N) is 3. The highest BCUT2D eigenvalue weighted by molar-refractivity contribution is 6.02. The van der Waals surface area contributed by atoms with Gasteiger partial charge in [-0.15, -0.1) is 0 Å². The lowest BCUT2D eigenvalue weighted by molar-refractivity contribution is 0.481. The van der Waals surface area contributed by atoms with Gasteiger partial charge in [0.1, 0.15) is 23.0 Å². The summed E-state index contributed by atoms with van der Waals surface area (Å²) in [4.78, 5) is 38.3. The molecule has 174 valence electrons. The molecule has 0 atom stereocenters. The van der Waals surface area contributed by atoms with Crippen LogP contribution < -0.4 is 11.1 Å². The largest absolute Gasteiger partial charge is 0.507 e. The van der Waals surface area contributed by atoms with Crippen LogP contribution >= 0.6 is 0 Å². The second-order valence-electron chi connectivity index (χ2n) is 8.24. The lowest BCUT2D eigenvalue weighted by atomic mass is 10.00. The zero-order chi connectivity index (χ0) is 24.8. The Hall–Kier alpha value is -5.11. The molecule has 8 heteroatoms. The number of hydrogen-bond donors (Lipinski definition) is 2. The number of hydrogen-bond acceptors (Lipinski definition) is 5. The molecule has 6 aromatic rings. The number of halogens is 1. The highest BCUT2D eigenvalue weighted by Gasteiger charge is 2.18. The summed E-state index contributed by atoms with van der Waals surface area (Å²) in [7, 11) is 0. The normalized spacial score (nSPS) is 11.2. The second-order valence-corrected chi connectivity index (χ2v) is 8.24. The topological polar surface area (TPSA) is 101 Å². The smallest absolute Gasteiger partial charge is 0.267 e. The Bertz CT molecular complexity index is 1900. The molecule has 0 saturated carbocycles. The first kappa shape index (κ1) is 21.4. The second kappa shape index (κ2) is 8.28. The standard InChI is InChI=1S/C28H17FN4O3/c29-18-7-5-17(6-8-18)26-25(16-11-13-30-14-12-16)21-9-10-23(31-27(21)32-26)33-24(35)15-22(34)19-3-1-2-4-20(19)28(33)36/h1-15,34H,(H,31,32). The number of aromatic nitrogens is 4. The minimum absolute atomic E-state index is 0.103. The van der Waals surface area contributed by atoms with E-state index in [1.54, 1.807) is 60.9 Å². The quantitative estimate of drug-likeness (QED) is 0.382. The molecule has 0 spiro atoms. The number of aromatic hydroxyl groups is 1. The molecular formula is C28H17FN4O3. The monoisotopic (exact) mass is 476 g/mol. The zero-order valence-electron chi connectivity index (χ0n) is 18.6. The molecule has 0 unspecified atom stereocenters. The van der Waals surface area contributed by atoms with Crippen LogP contribution in [0.3, 0.4) is 0 Å². The van der Waals surface area contributed by atoms with Gasteiger partial charge in [-0.05, 0) is 65.7 Å². The summed E-state index contributed by atoms with van der Waals surface area (Å²) in [6.45, 7) is 0. The molecule has 4 heterocycles. The van der Waals surface area contributed by atoms with Gasteiger partial charge in [-0.3, -0.25) is 14.6 Å². The van der Waals surface area contributed by atoms with Crippen molar-refractivity contribution < 1.29 is 9.50 Å². The van der Waals surface area contributed by atoms with Gasteiger partial charge in [0.25, 0.3) is 11.1 Å². The van der Waals surface area contributed by atoms with E-state index in [1.807, 2.05) is 12.1 Å². The summed E-state index contributed by atoms with van der Waals surface area (Å²) >= 11 is 0. The summed E-state index contributed by atoms with van der Waals surface area (Å²) < 4.78 is 14.5. The molecule has 0 fully saturated rings. The van der Waals surface area contributed by atoms with E-state index >= 15 is 0 Å². The number of fused-ring (bicyclic) bond motifs is 2. The van der Waals surface area contributed by atoms with Crippen molar-refractivity contribution in [3.8, 4) is 34.0 Å². The third-order valence-electron chi connectivity index (χ3n) is 6.09. The van der Waals surface area contributed by atoms with Gasteiger partial charge in [-0.2, -0.15) is 0 Å². The van der Waals surface area contributed by atoms with E-state index in [0.717, 1.165) is 32.7 Å². The van der Waals surface area contributed by atoms with Gasteiger partial charge in [0, 0.05) is 34.8 Å². The number of pyridine rings is 2. The molecule has 0 bridgehead atoms. The highest BCUT2D eigenvalue weighted by Crippen LogP contribution is 2.37. The van der Waals surface area contributed by atoms with Gasteiger partial charge in [0.15, 0.2) is 0 Å². The number of nitrogens with one attached hydrogen (secondary N) is 1. The minimum atomic E-state index is -0.708. The van der Waals surface area contributed by atoms with Crippen LogP contribution in [0.4, 0.5) is 4.39 Å². The average molecular weight is 476 g/mol. The minimum Gasteiger partial charge on any atom is -0.507 e. The Kier molecular flexibility index (Phi) is 4.93. The van der Waals surface area contributed by atoms with E-state index in [9.17, 15) is 19.1 Å². The van der Waals surface area contributed by atoms with Crippen molar-refractivity contribution in [2.75, 3.05) is 0 Å². The maximum Gasteiger partial charge on any atom is 0.267 e. The lowest BCUT2D eigenvalue weighted by Crippen LogP contribution is -2.28. The molecule has 2 aromatic carbocycles. The van der Waals surface area contributed by atoms with E-state index in [4.69, 9.17) is 0 Å². The molecule has 0 saturated heterocycles. The van der Waals surface area contributed by atoms with Crippen LogP contribution in [0.15, 0.2) is 101 Å². The number of benzene rings is 2. The van der Waals surface area contributed by atoms with E-state index in [0.29, 0.717) is 11.3 Å². The Morgan fingerprint density at radius 3 is 2.28 bits per heavy atom. The summed E-state index contributed by atoms with van der Waals surface area (Å²) in [6.07, 6.45) is 3.35. The lowest BCUT2D eigenvalue weighted by Gasteiger charge is -2.06. The summed E-state index contributed by atoms with van der Waals surface area (Å²) in [5, 5.41) is 11.6. The molecule has 2 N–H and O–H groups in total. The molecule has 0 amide bonds. The maximum atomic E-state index is 13.6. The van der Waals surface area contributed by atoms with Crippen molar-refractivity contribution in [2.45, 2.75) is 0 Å². The van der Waals surface area contributed by atoms with Crippen molar-refractivity contribution in [1.82, 2.24) is 19.5 Å². The number of rotatable bonds is 3. The van der Waals surface area contributed by atoms with Crippen LogP contribution in [0.5, 0.6) is 5.75 Å². The van der Waals surface area contributed by atoms with Gasteiger partial charge >= 0.3 is 0 Å². The summed E-state index contributed by atoms with van der Waals surface area (Å²) in [5.41, 5.74) is 2.28. The molecule has 0 aliphatic rings. The molecule has 4 aromatic heterocycles. The predicted octanol–water partition coefficient (Wildman–Crippen LogP) is 4.80. The molecule has 6 rings (SSSR count). The molecular weight excluding hydrogens is 459 g/mol. The third kappa shape index (κ3) is 3.43. The van der Waals surface area contributed by atoms with Gasteiger partial charge in [-0.25, -0.2) is 13.9 Å². The first-order valence-corrected chi connectivity index (χ1v) is 11.1.